The van der Waals surface area contributed by atoms with Crippen molar-refractivity contribution in [1.82, 2.24) is 0 Å². The number of para-hydroxylation sites is 1. The van der Waals surface area contributed by atoms with Crippen LogP contribution in [-0.4, -0.2) is 5.78 Å². The fourth-order valence-electron chi connectivity index (χ4n) is 2.59. The summed E-state index contributed by atoms with van der Waals surface area (Å²) in [5, 5.41) is 0. The van der Waals surface area contributed by atoms with E-state index in [1.807, 2.05) is 67.6 Å². The number of benzene rings is 2. The SMILES string of the molecule is C=C(C)C=Cc1cccc2c1OC(c1ccccc1)CC2=O. The number of ketones is 1. The van der Waals surface area contributed by atoms with Crippen molar-refractivity contribution in [3.63, 3.8) is 0 Å². The first-order chi connectivity index (χ1) is 10.6. The molecule has 22 heavy (non-hydrogen) atoms. The fourth-order valence-corrected chi connectivity index (χ4v) is 2.59. The predicted octanol–water partition coefficient (Wildman–Crippen LogP) is 4.98. The van der Waals surface area contributed by atoms with E-state index in [9.17, 15) is 4.79 Å². The van der Waals surface area contributed by atoms with Gasteiger partial charge in [-0.2, -0.15) is 0 Å². The van der Waals surface area contributed by atoms with Crippen LogP contribution in [0.5, 0.6) is 5.75 Å². The molecular weight excluding hydrogens is 272 g/mol. The van der Waals surface area contributed by atoms with Crippen LogP contribution in [-0.2, 0) is 0 Å². The van der Waals surface area contributed by atoms with E-state index in [2.05, 4.69) is 6.58 Å². The van der Waals surface area contributed by atoms with Crippen molar-refractivity contribution in [3.05, 3.63) is 83.4 Å². The van der Waals surface area contributed by atoms with Gasteiger partial charge in [0.2, 0.25) is 0 Å². The Kier molecular flexibility index (Phi) is 3.92. The van der Waals surface area contributed by atoms with E-state index in [1.165, 1.54) is 0 Å². The highest BCUT2D eigenvalue weighted by Gasteiger charge is 2.28. The Labute approximate surface area is 130 Å². The maximum Gasteiger partial charge on any atom is 0.170 e. The van der Waals surface area contributed by atoms with Gasteiger partial charge in [-0.05, 0) is 18.6 Å². The molecular formula is C20H18O2. The first kappa shape index (κ1) is 14.3. The maximum absolute atomic E-state index is 12.4. The van der Waals surface area contributed by atoms with Crippen LogP contribution in [0, 0.1) is 0 Å². The van der Waals surface area contributed by atoms with Gasteiger partial charge < -0.3 is 4.74 Å². The van der Waals surface area contributed by atoms with Gasteiger partial charge in [0.25, 0.3) is 0 Å². The first-order valence-electron chi connectivity index (χ1n) is 7.36. The molecule has 2 aromatic rings. The number of rotatable bonds is 3. The summed E-state index contributed by atoms with van der Waals surface area (Å²) in [7, 11) is 0. The van der Waals surface area contributed by atoms with Gasteiger partial charge in [-0.25, -0.2) is 0 Å². The number of ether oxygens (including phenoxy) is 1. The lowest BCUT2D eigenvalue weighted by Gasteiger charge is -2.26. The number of hydrogen-bond acceptors (Lipinski definition) is 2. The maximum atomic E-state index is 12.4. The summed E-state index contributed by atoms with van der Waals surface area (Å²) in [6.07, 6.45) is 4.03. The van der Waals surface area contributed by atoms with Crippen molar-refractivity contribution < 1.29 is 9.53 Å². The monoisotopic (exact) mass is 290 g/mol. The number of carbonyl (C=O) groups is 1. The number of hydrogen-bond donors (Lipinski definition) is 0. The zero-order chi connectivity index (χ0) is 15.5. The summed E-state index contributed by atoms with van der Waals surface area (Å²) < 4.78 is 6.15. The lowest BCUT2D eigenvalue weighted by molar-refractivity contribution is 0.0849. The molecule has 2 aromatic carbocycles. The first-order valence-corrected chi connectivity index (χ1v) is 7.36. The van der Waals surface area contributed by atoms with Crippen LogP contribution < -0.4 is 4.74 Å². The molecule has 0 bridgehead atoms. The van der Waals surface area contributed by atoms with E-state index < -0.39 is 0 Å². The van der Waals surface area contributed by atoms with Crippen LogP contribution >= 0.6 is 0 Å². The minimum atomic E-state index is -0.222. The molecule has 0 aliphatic carbocycles. The van der Waals surface area contributed by atoms with Crippen molar-refractivity contribution in [2.24, 2.45) is 0 Å². The molecule has 0 radical (unpaired) electrons. The lowest BCUT2D eigenvalue weighted by atomic mass is 9.94. The third kappa shape index (κ3) is 2.86. The van der Waals surface area contributed by atoms with Crippen molar-refractivity contribution in [2.75, 3.05) is 0 Å². The predicted molar refractivity (Wildman–Crippen MR) is 89.0 cm³/mol. The van der Waals surface area contributed by atoms with E-state index in [0.717, 1.165) is 16.7 Å². The highest BCUT2D eigenvalue weighted by Crippen LogP contribution is 2.37. The van der Waals surface area contributed by atoms with Gasteiger partial charge in [-0.15, -0.1) is 0 Å². The molecule has 1 heterocycles. The lowest BCUT2D eigenvalue weighted by Crippen LogP contribution is -2.21. The second-order valence-electron chi connectivity index (χ2n) is 5.55. The molecule has 110 valence electrons. The second-order valence-corrected chi connectivity index (χ2v) is 5.55. The summed E-state index contributed by atoms with van der Waals surface area (Å²) in [5.41, 5.74) is 3.56. The van der Waals surface area contributed by atoms with Crippen LogP contribution in [0.2, 0.25) is 0 Å². The molecule has 0 saturated carbocycles. The third-order valence-corrected chi connectivity index (χ3v) is 3.70. The normalized spacial score (nSPS) is 17.1. The Bertz CT molecular complexity index is 742. The molecule has 1 aliphatic heterocycles. The summed E-state index contributed by atoms with van der Waals surface area (Å²) in [6, 6.07) is 15.6. The van der Waals surface area contributed by atoms with Crippen molar-refractivity contribution >= 4 is 11.9 Å². The highest BCUT2D eigenvalue weighted by atomic mass is 16.5. The van der Waals surface area contributed by atoms with Crippen LogP contribution in [0.25, 0.3) is 6.08 Å². The molecule has 2 nitrogen and oxygen atoms in total. The molecule has 0 N–H and O–H groups in total. The van der Waals surface area contributed by atoms with Crippen molar-refractivity contribution in [2.45, 2.75) is 19.4 Å². The smallest absolute Gasteiger partial charge is 0.170 e. The Morgan fingerprint density at radius 1 is 1.18 bits per heavy atom. The molecule has 2 heteroatoms. The summed E-state index contributed by atoms with van der Waals surface area (Å²) in [5.74, 6) is 0.797. The second kappa shape index (κ2) is 6.02. The molecule has 3 rings (SSSR count). The average molecular weight is 290 g/mol. The molecule has 1 atom stereocenters. The van der Waals surface area contributed by atoms with Gasteiger partial charge in [0, 0.05) is 5.56 Å². The van der Waals surface area contributed by atoms with Crippen LogP contribution in [0.1, 0.15) is 40.9 Å². The van der Waals surface area contributed by atoms with Gasteiger partial charge in [-0.3, -0.25) is 4.79 Å². The van der Waals surface area contributed by atoms with Gasteiger partial charge in [0.1, 0.15) is 11.9 Å². The van der Waals surface area contributed by atoms with Crippen LogP contribution in [0.3, 0.4) is 0 Å². The number of Topliss-reactive ketones (excluding diaryl/α,β-unsaturated/α-hetero) is 1. The topological polar surface area (TPSA) is 26.3 Å². The van der Waals surface area contributed by atoms with Crippen LogP contribution in [0.4, 0.5) is 0 Å². The average Bonchev–Trinajstić information content (AvgIpc) is 2.53. The summed E-state index contributed by atoms with van der Waals surface area (Å²) >= 11 is 0. The Hall–Kier alpha value is -2.61. The molecule has 0 amide bonds. The number of carbonyl (C=O) groups excluding carboxylic acids is 1. The van der Waals surface area contributed by atoms with E-state index in [-0.39, 0.29) is 11.9 Å². The molecule has 1 aliphatic rings. The Morgan fingerprint density at radius 3 is 2.68 bits per heavy atom. The van der Waals surface area contributed by atoms with Gasteiger partial charge in [-0.1, -0.05) is 66.8 Å². The van der Waals surface area contributed by atoms with E-state index in [4.69, 9.17) is 4.74 Å². The number of allylic oxidation sites excluding steroid dienone is 2. The number of fused-ring (bicyclic) bond motifs is 1. The van der Waals surface area contributed by atoms with E-state index in [1.54, 1.807) is 0 Å². The molecule has 0 aromatic heterocycles. The van der Waals surface area contributed by atoms with Gasteiger partial charge in [0.15, 0.2) is 5.78 Å². The van der Waals surface area contributed by atoms with Crippen LogP contribution in [0.15, 0.2) is 66.8 Å². The minimum Gasteiger partial charge on any atom is -0.484 e. The standard InChI is InChI=1S/C20H18O2/c1-14(2)11-12-16-9-6-10-17-18(21)13-19(22-20(16)17)15-7-4-3-5-8-15/h3-12,19H,1,13H2,2H3. The van der Waals surface area contributed by atoms with Crippen molar-refractivity contribution in [1.29, 1.82) is 0 Å². The highest BCUT2D eigenvalue weighted by molar-refractivity contribution is 6.01. The molecule has 0 saturated heterocycles. The zero-order valence-electron chi connectivity index (χ0n) is 12.6. The van der Waals surface area contributed by atoms with Crippen molar-refractivity contribution in [3.8, 4) is 5.75 Å². The fraction of sp³-hybridized carbons (Fsp3) is 0.150. The minimum absolute atomic E-state index is 0.126. The Morgan fingerprint density at radius 2 is 1.95 bits per heavy atom. The Balaban J connectivity index is 2.00. The molecule has 0 fully saturated rings. The summed E-state index contributed by atoms with van der Waals surface area (Å²) in [6.45, 7) is 5.80. The zero-order valence-corrected chi connectivity index (χ0v) is 12.6. The summed E-state index contributed by atoms with van der Waals surface area (Å²) in [4.78, 5) is 12.4. The third-order valence-electron chi connectivity index (χ3n) is 3.70. The largest absolute Gasteiger partial charge is 0.484 e. The van der Waals surface area contributed by atoms with E-state index >= 15 is 0 Å². The molecule has 0 spiro atoms. The van der Waals surface area contributed by atoms with Gasteiger partial charge in [0.05, 0.1) is 12.0 Å². The molecule has 1 unspecified atom stereocenters. The van der Waals surface area contributed by atoms with Gasteiger partial charge >= 0.3 is 0 Å². The quantitative estimate of drug-likeness (QED) is 0.745. The van der Waals surface area contributed by atoms with E-state index in [0.29, 0.717) is 17.7 Å².